The van der Waals surface area contributed by atoms with Gasteiger partial charge in [0.1, 0.15) is 0 Å². The van der Waals surface area contributed by atoms with E-state index in [-0.39, 0.29) is 11.2 Å². The zero-order valence-corrected chi connectivity index (χ0v) is 5.90. The van der Waals surface area contributed by atoms with Gasteiger partial charge in [0.25, 0.3) is 0 Å². The highest BCUT2D eigenvalue weighted by atomic mass is 16.1. The number of hydrogen-bond donors (Lipinski definition) is 0. The number of hydrogen-bond acceptors (Lipinski definition) is 1. The fourth-order valence-corrected chi connectivity index (χ4v) is 0.856. The average Bonchev–Trinajstić information content (AvgIpc) is 1.78. The standard InChI is InChI=1S/C8H11O/c1-8(2)5-3-7(9)4-6-8/h3H,4,6H2,1-2H3. The average molecular weight is 123 g/mol. The van der Waals surface area contributed by atoms with E-state index in [2.05, 4.69) is 19.9 Å². The molecule has 1 aliphatic rings. The first kappa shape index (κ1) is 6.53. The Morgan fingerprint density at radius 2 is 2.33 bits per heavy atom. The molecule has 0 saturated carbocycles. The van der Waals surface area contributed by atoms with E-state index in [1.54, 1.807) is 6.08 Å². The molecule has 0 fully saturated rings. The van der Waals surface area contributed by atoms with Crippen molar-refractivity contribution in [3.8, 4) is 0 Å². The Kier molecular flexibility index (Phi) is 1.43. The zero-order chi connectivity index (χ0) is 6.91. The van der Waals surface area contributed by atoms with Gasteiger partial charge in [0.2, 0.25) is 0 Å². The molecule has 0 amide bonds. The highest BCUT2D eigenvalue weighted by Gasteiger charge is 2.19. The predicted octanol–water partition coefficient (Wildman–Crippen LogP) is 1.73. The Balaban J connectivity index is 2.69. The lowest BCUT2D eigenvalue weighted by atomic mass is 9.83. The van der Waals surface area contributed by atoms with E-state index in [0.717, 1.165) is 6.42 Å². The number of carbonyl (C=O) groups is 1. The SMILES string of the molecule is CC1(C)[C]=CC(=O)CC1. The van der Waals surface area contributed by atoms with Crippen molar-refractivity contribution in [2.45, 2.75) is 26.7 Å². The molecule has 0 aromatic rings. The minimum absolute atomic E-state index is 0.133. The number of allylic oxidation sites excluding steroid dienone is 2. The van der Waals surface area contributed by atoms with Gasteiger partial charge in [-0.1, -0.05) is 13.8 Å². The molecular formula is C8H11O. The third-order valence-corrected chi connectivity index (χ3v) is 1.62. The molecule has 1 rings (SSSR count). The van der Waals surface area contributed by atoms with Crippen molar-refractivity contribution in [2.75, 3.05) is 0 Å². The minimum Gasteiger partial charge on any atom is -0.295 e. The van der Waals surface area contributed by atoms with Crippen LogP contribution in [0.5, 0.6) is 0 Å². The highest BCUT2D eigenvalue weighted by molar-refractivity contribution is 5.89. The van der Waals surface area contributed by atoms with Crippen LogP contribution in [0.15, 0.2) is 6.08 Å². The maximum atomic E-state index is 10.6. The molecule has 1 radical (unpaired) electrons. The van der Waals surface area contributed by atoms with Gasteiger partial charge >= 0.3 is 0 Å². The van der Waals surface area contributed by atoms with Crippen LogP contribution in [0.2, 0.25) is 0 Å². The van der Waals surface area contributed by atoms with E-state index < -0.39 is 0 Å². The van der Waals surface area contributed by atoms with Gasteiger partial charge in [-0.05, 0) is 24.0 Å². The van der Waals surface area contributed by atoms with Crippen molar-refractivity contribution < 1.29 is 4.79 Å². The van der Waals surface area contributed by atoms with Crippen LogP contribution in [0.25, 0.3) is 0 Å². The normalized spacial score (nSPS) is 24.4. The lowest BCUT2D eigenvalue weighted by Crippen LogP contribution is -2.15. The fourth-order valence-electron chi connectivity index (χ4n) is 0.856. The first-order chi connectivity index (χ1) is 4.10. The molecule has 49 valence electrons. The van der Waals surface area contributed by atoms with Crippen LogP contribution in [0, 0.1) is 11.5 Å². The Bertz CT molecular complexity index is 154. The molecule has 0 aromatic carbocycles. The Morgan fingerprint density at radius 1 is 1.67 bits per heavy atom. The lowest BCUT2D eigenvalue weighted by Gasteiger charge is -2.21. The summed E-state index contributed by atoms with van der Waals surface area (Å²) in [5.41, 5.74) is 0.133. The van der Waals surface area contributed by atoms with Crippen molar-refractivity contribution in [2.24, 2.45) is 5.41 Å². The van der Waals surface area contributed by atoms with E-state index in [9.17, 15) is 4.79 Å². The molecule has 0 unspecified atom stereocenters. The van der Waals surface area contributed by atoms with Crippen LogP contribution in [0.3, 0.4) is 0 Å². The summed E-state index contributed by atoms with van der Waals surface area (Å²) in [7, 11) is 0. The molecule has 0 aliphatic heterocycles. The number of rotatable bonds is 0. The van der Waals surface area contributed by atoms with Crippen LogP contribution < -0.4 is 0 Å². The van der Waals surface area contributed by atoms with E-state index in [0.29, 0.717) is 6.42 Å². The molecule has 0 spiro atoms. The third kappa shape index (κ3) is 1.67. The van der Waals surface area contributed by atoms with Crippen molar-refractivity contribution in [1.29, 1.82) is 0 Å². The van der Waals surface area contributed by atoms with Gasteiger partial charge in [0.05, 0.1) is 0 Å². The summed E-state index contributed by atoms with van der Waals surface area (Å²) in [6, 6.07) is 0. The second-order valence-corrected chi connectivity index (χ2v) is 3.14. The summed E-state index contributed by atoms with van der Waals surface area (Å²) in [5, 5.41) is 0. The Hall–Kier alpha value is -0.590. The summed E-state index contributed by atoms with van der Waals surface area (Å²) in [5.74, 6) is 0.217. The van der Waals surface area contributed by atoms with Gasteiger partial charge < -0.3 is 0 Å². The van der Waals surface area contributed by atoms with Crippen LogP contribution >= 0.6 is 0 Å². The van der Waals surface area contributed by atoms with E-state index in [1.165, 1.54) is 0 Å². The predicted molar refractivity (Wildman–Crippen MR) is 35.8 cm³/mol. The smallest absolute Gasteiger partial charge is 0.156 e. The maximum absolute atomic E-state index is 10.6. The van der Waals surface area contributed by atoms with E-state index >= 15 is 0 Å². The monoisotopic (exact) mass is 123 g/mol. The largest absolute Gasteiger partial charge is 0.295 e. The lowest BCUT2D eigenvalue weighted by molar-refractivity contribution is -0.115. The van der Waals surface area contributed by atoms with Gasteiger partial charge in [-0.25, -0.2) is 0 Å². The van der Waals surface area contributed by atoms with E-state index in [4.69, 9.17) is 0 Å². The molecular weight excluding hydrogens is 112 g/mol. The van der Waals surface area contributed by atoms with Crippen LogP contribution in [0.4, 0.5) is 0 Å². The second-order valence-electron chi connectivity index (χ2n) is 3.14. The number of ketones is 1. The first-order valence-electron chi connectivity index (χ1n) is 3.24. The quantitative estimate of drug-likeness (QED) is 0.479. The van der Waals surface area contributed by atoms with Crippen LogP contribution in [-0.2, 0) is 4.79 Å². The fraction of sp³-hybridized carbons (Fsp3) is 0.625. The molecule has 0 saturated heterocycles. The molecule has 9 heavy (non-hydrogen) atoms. The van der Waals surface area contributed by atoms with Gasteiger partial charge in [0.15, 0.2) is 5.78 Å². The van der Waals surface area contributed by atoms with Crippen molar-refractivity contribution in [3.05, 3.63) is 12.2 Å². The summed E-state index contributed by atoms with van der Waals surface area (Å²) >= 11 is 0. The molecule has 0 N–H and O–H groups in total. The van der Waals surface area contributed by atoms with E-state index in [1.807, 2.05) is 0 Å². The van der Waals surface area contributed by atoms with Gasteiger partial charge in [-0.2, -0.15) is 0 Å². The van der Waals surface area contributed by atoms with Gasteiger partial charge in [-0.3, -0.25) is 4.79 Å². The van der Waals surface area contributed by atoms with Gasteiger partial charge in [0, 0.05) is 6.42 Å². The molecule has 0 aromatic heterocycles. The Labute approximate surface area is 55.8 Å². The third-order valence-electron chi connectivity index (χ3n) is 1.62. The number of carbonyl (C=O) groups excluding carboxylic acids is 1. The molecule has 1 nitrogen and oxygen atoms in total. The molecule has 1 aliphatic carbocycles. The summed E-state index contributed by atoms with van der Waals surface area (Å²) < 4.78 is 0. The molecule has 0 heterocycles. The van der Waals surface area contributed by atoms with Crippen molar-refractivity contribution in [3.63, 3.8) is 0 Å². The highest BCUT2D eigenvalue weighted by Crippen LogP contribution is 2.26. The van der Waals surface area contributed by atoms with Crippen molar-refractivity contribution in [1.82, 2.24) is 0 Å². The minimum atomic E-state index is 0.133. The summed E-state index contributed by atoms with van der Waals surface area (Å²) in [6.07, 6.45) is 6.25. The Morgan fingerprint density at radius 3 is 2.67 bits per heavy atom. The topological polar surface area (TPSA) is 17.1 Å². The molecule has 0 atom stereocenters. The molecule has 1 heteroatoms. The summed E-state index contributed by atoms with van der Waals surface area (Å²) in [6.45, 7) is 4.19. The van der Waals surface area contributed by atoms with Crippen LogP contribution in [0.1, 0.15) is 26.7 Å². The zero-order valence-electron chi connectivity index (χ0n) is 5.90. The van der Waals surface area contributed by atoms with Crippen LogP contribution in [-0.4, -0.2) is 5.78 Å². The van der Waals surface area contributed by atoms with Crippen molar-refractivity contribution >= 4 is 5.78 Å². The first-order valence-corrected chi connectivity index (χ1v) is 3.24. The molecule has 0 bridgehead atoms. The van der Waals surface area contributed by atoms with Gasteiger partial charge in [-0.15, -0.1) is 0 Å². The maximum Gasteiger partial charge on any atom is 0.156 e. The second kappa shape index (κ2) is 1.98. The summed E-state index contributed by atoms with van der Waals surface area (Å²) in [4.78, 5) is 10.6.